The number of aliphatic carboxylic acids is 1. The fraction of sp³-hybridized carbons (Fsp3) is 0.471. The van der Waals surface area contributed by atoms with Gasteiger partial charge in [-0.15, -0.1) is 0 Å². The van der Waals surface area contributed by atoms with Gasteiger partial charge in [-0.05, 0) is 45.9 Å². The fourth-order valence-electron chi connectivity index (χ4n) is 1.84. The fourth-order valence-corrected chi connectivity index (χ4v) is 1.84. The lowest BCUT2D eigenvalue weighted by atomic mass is 10.1. The number of nitrogens with one attached hydrogen (secondary N) is 2. The molecule has 0 aliphatic carbocycles. The van der Waals surface area contributed by atoms with Crippen molar-refractivity contribution >= 4 is 17.8 Å². The first-order valence-corrected chi connectivity index (χ1v) is 7.73. The van der Waals surface area contributed by atoms with Crippen molar-refractivity contribution in [2.24, 2.45) is 0 Å². The normalized spacial score (nSPS) is 11.0. The zero-order valence-electron chi connectivity index (χ0n) is 15.0. The third-order valence-electron chi connectivity index (χ3n) is 3.19. The molecule has 0 radical (unpaired) electrons. The summed E-state index contributed by atoms with van der Waals surface area (Å²) in [6.45, 7) is 6.26. The number of hydrogen-bond acceptors (Lipinski definition) is 5. The minimum absolute atomic E-state index is 0.00153. The zero-order valence-corrected chi connectivity index (χ0v) is 15.0. The average Bonchev–Trinajstić information content (AvgIpc) is 2.51. The van der Waals surface area contributed by atoms with Gasteiger partial charge in [0, 0.05) is 11.6 Å². The topological polar surface area (TPSA) is 114 Å². The van der Waals surface area contributed by atoms with E-state index in [1.165, 1.54) is 39.2 Å². The third-order valence-corrected chi connectivity index (χ3v) is 3.19. The number of carboxylic acids is 1. The van der Waals surface area contributed by atoms with E-state index in [-0.39, 0.29) is 29.9 Å². The lowest BCUT2D eigenvalue weighted by Gasteiger charge is -2.21. The van der Waals surface area contributed by atoms with Gasteiger partial charge in [0.05, 0.1) is 7.11 Å². The molecule has 0 saturated carbocycles. The van der Waals surface area contributed by atoms with Crippen LogP contribution in [0.25, 0.3) is 0 Å². The predicted octanol–water partition coefficient (Wildman–Crippen LogP) is 1.19. The molecule has 0 aliphatic heterocycles. The zero-order chi connectivity index (χ0) is 19.2. The van der Waals surface area contributed by atoms with E-state index in [2.05, 4.69) is 10.6 Å². The minimum Gasteiger partial charge on any atom is -0.493 e. The van der Waals surface area contributed by atoms with Crippen LogP contribution in [-0.4, -0.2) is 48.2 Å². The Morgan fingerprint density at radius 3 is 2.36 bits per heavy atom. The van der Waals surface area contributed by atoms with Crippen LogP contribution in [0.3, 0.4) is 0 Å². The molecule has 2 amide bonds. The number of carboxylic acid groups (broad SMARTS) is 1. The molecule has 25 heavy (non-hydrogen) atoms. The van der Waals surface area contributed by atoms with Crippen molar-refractivity contribution < 1.29 is 29.0 Å². The van der Waals surface area contributed by atoms with Gasteiger partial charge in [-0.2, -0.15) is 0 Å². The van der Waals surface area contributed by atoms with Crippen LogP contribution in [0.4, 0.5) is 0 Å². The molecule has 0 unspecified atom stereocenters. The highest BCUT2D eigenvalue weighted by Crippen LogP contribution is 2.28. The number of rotatable bonds is 8. The lowest BCUT2D eigenvalue weighted by molar-refractivity contribution is -0.143. The second-order valence-corrected chi connectivity index (χ2v) is 6.26. The van der Waals surface area contributed by atoms with Crippen LogP contribution in [-0.2, 0) is 9.59 Å². The maximum Gasteiger partial charge on any atom is 0.328 e. The Labute approximate surface area is 146 Å². The molecule has 0 atom stereocenters. The molecule has 0 fully saturated rings. The number of methoxy groups -OCH3 is 1. The molecule has 0 saturated heterocycles. The van der Waals surface area contributed by atoms with E-state index >= 15 is 0 Å². The van der Waals surface area contributed by atoms with Gasteiger partial charge in [0.1, 0.15) is 5.54 Å². The minimum atomic E-state index is -1.41. The summed E-state index contributed by atoms with van der Waals surface area (Å²) in [4.78, 5) is 34.9. The molecule has 8 nitrogen and oxygen atoms in total. The summed E-state index contributed by atoms with van der Waals surface area (Å²) in [7, 11) is 1.40. The molecule has 3 N–H and O–H groups in total. The van der Waals surface area contributed by atoms with Crippen molar-refractivity contribution in [3.05, 3.63) is 23.8 Å². The van der Waals surface area contributed by atoms with Crippen molar-refractivity contribution in [3.63, 3.8) is 0 Å². The number of hydrogen-bond donors (Lipinski definition) is 3. The quantitative estimate of drug-likeness (QED) is 0.648. The van der Waals surface area contributed by atoms with E-state index in [9.17, 15) is 14.4 Å². The second kappa shape index (κ2) is 8.36. The number of benzene rings is 1. The summed E-state index contributed by atoms with van der Waals surface area (Å²) >= 11 is 0. The van der Waals surface area contributed by atoms with E-state index in [1.54, 1.807) is 0 Å². The van der Waals surface area contributed by atoms with E-state index in [4.69, 9.17) is 14.6 Å². The van der Waals surface area contributed by atoms with Gasteiger partial charge in [0.15, 0.2) is 18.1 Å². The van der Waals surface area contributed by atoms with E-state index in [0.717, 1.165) is 0 Å². The monoisotopic (exact) mass is 352 g/mol. The highest BCUT2D eigenvalue weighted by Gasteiger charge is 2.29. The Morgan fingerprint density at radius 2 is 1.84 bits per heavy atom. The number of carbonyl (C=O) groups excluding carboxylic acids is 2. The number of amides is 2. The summed E-state index contributed by atoms with van der Waals surface area (Å²) in [5.74, 6) is -1.42. The SMILES string of the molecule is COc1cc(C(=O)NC(C)(C)C(=O)O)ccc1OCC(=O)NC(C)C. The van der Waals surface area contributed by atoms with Gasteiger partial charge in [-0.3, -0.25) is 9.59 Å². The van der Waals surface area contributed by atoms with E-state index in [0.29, 0.717) is 5.75 Å². The van der Waals surface area contributed by atoms with Gasteiger partial charge >= 0.3 is 5.97 Å². The molecule has 8 heteroatoms. The third kappa shape index (κ3) is 5.98. The summed E-state index contributed by atoms with van der Waals surface area (Å²) in [5.41, 5.74) is -1.20. The number of carbonyl (C=O) groups is 3. The number of ether oxygens (including phenoxy) is 2. The molecule has 138 valence electrons. The molecule has 0 spiro atoms. The summed E-state index contributed by atoms with van der Waals surface area (Å²) < 4.78 is 10.6. The summed E-state index contributed by atoms with van der Waals surface area (Å²) in [6.07, 6.45) is 0. The van der Waals surface area contributed by atoms with Crippen LogP contribution in [0.1, 0.15) is 38.1 Å². The van der Waals surface area contributed by atoms with Crippen LogP contribution in [0.5, 0.6) is 11.5 Å². The molecule has 0 heterocycles. The Morgan fingerprint density at radius 1 is 1.20 bits per heavy atom. The molecular formula is C17H24N2O6. The van der Waals surface area contributed by atoms with Crippen LogP contribution < -0.4 is 20.1 Å². The average molecular weight is 352 g/mol. The van der Waals surface area contributed by atoms with Crippen molar-refractivity contribution in [2.75, 3.05) is 13.7 Å². The molecule has 0 aromatic heterocycles. The van der Waals surface area contributed by atoms with Crippen molar-refractivity contribution in [1.29, 1.82) is 0 Å². The van der Waals surface area contributed by atoms with Crippen molar-refractivity contribution in [1.82, 2.24) is 10.6 Å². The molecule has 1 aromatic rings. The second-order valence-electron chi connectivity index (χ2n) is 6.26. The first-order chi connectivity index (χ1) is 11.6. The molecule has 1 rings (SSSR count). The molecule has 0 bridgehead atoms. The van der Waals surface area contributed by atoms with Crippen molar-refractivity contribution in [3.8, 4) is 11.5 Å². The first-order valence-electron chi connectivity index (χ1n) is 7.73. The molecule has 1 aromatic carbocycles. The summed E-state index contributed by atoms with van der Waals surface area (Å²) in [6, 6.07) is 4.38. The van der Waals surface area contributed by atoms with Crippen LogP contribution >= 0.6 is 0 Å². The van der Waals surface area contributed by atoms with E-state index < -0.39 is 17.4 Å². The Balaban J connectivity index is 2.86. The Kier molecular flexibility index (Phi) is 6.78. The Bertz CT molecular complexity index is 655. The molecular weight excluding hydrogens is 328 g/mol. The van der Waals surface area contributed by atoms with Crippen LogP contribution in [0.2, 0.25) is 0 Å². The predicted molar refractivity (Wildman–Crippen MR) is 90.9 cm³/mol. The van der Waals surface area contributed by atoms with Crippen molar-refractivity contribution in [2.45, 2.75) is 39.3 Å². The molecule has 0 aliphatic rings. The maximum atomic E-state index is 12.2. The smallest absolute Gasteiger partial charge is 0.328 e. The van der Waals surface area contributed by atoms with Gasteiger partial charge in [-0.25, -0.2) is 4.79 Å². The standard InChI is InChI=1S/C17H24N2O6/c1-10(2)18-14(20)9-25-12-7-6-11(8-13(12)24-5)15(21)19-17(3,4)16(22)23/h6-8,10H,9H2,1-5H3,(H,18,20)(H,19,21)(H,22,23). The van der Waals surface area contributed by atoms with Gasteiger partial charge in [0.25, 0.3) is 11.8 Å². The van der Waals surface area contributed by atoms with Crippen LogP contribution in [0.15, 0.2) is 18.2 Å². The van der Waals surface area contributed by atoms with Gasteiger partial charge in [-0.1, -0.05) is 0 Å². The van der Waals surface area contributed by atoms with Gasteiger partial charge < -0.3 is 25.2 Å². The first kappa shape index (κ1) is 20.3. The largest absolute Gasteiger partial charge is 0.493 e. The maximum absolute atomic E-state index is 12.2. The van der Waals surface area contributed by atoms with Crippen LogP contribution in [0, 0.1) is 0 Å². The Hall–Kier alpha value is -2.77. The highest BCUT2D eigenvalue weighted by molar-refractivity contribution is 5.98. The van der Waals surface area contributed by atoms with E-state index in [1.807, 2.05) is 13.8 Å². The lowest BCUT2D eigenvalue weighted by Crippen LogP contribution is -2.49. The highest BCUT2D eigenvalue weighted by atomic mass is 16.5. The van der Waals surface area contributed by atoms with Gasteiger partial charge in [0.2, 0.25) is 0 Å². The summed E-state index contributed by atoms with van der Waals surface area (Å²) in [5, 5.41) is 14.2.